The second-order valence-electron chi connectivity index (χ2n) is 8.47. The Bertz CT molecular complexity index is 1040. The molecule has 0 radical (unpaired) electrons. The molecule has 0 spiro atoms. The van der Waals surface area contributed by atoms with Gasteiger partial charge in [0.2, 0.25) is 15.9 Å². The van der Waals surface area contributed by atoms with Gasteiger partial charge in [0.05, 0.1) is 21.7 Å². The Morgan fingerprint density at radius 1 is 1.13 bits per heavy atom. The summed E-state index contributed by atoms with van der Waals surface area (Å²) in [6.07, 6.45) is 6.24. The summed E-state index contributed by atoms with van der Waals surface area (Å²) in [6, 6.07) is 5.52. The Kier molecular flexibility index (Phi) is 6.93. The van der Waals surface area contributed by atoms with Crippen LogP contribution in [0.1, 0.15) is 52.4 Å². The minimum absolute atomic E-state index is 0.153. The van der Waals surface area contributed by atoms with Crippen LogP contribution < -0.4 is 0 Å². The molecule has 1 aromatic heterocycles. The Morgan fingerprint density at radius 3 is 2.58 bits per heavy atom. The molecule has 9 heteroatoms. The van der Waals surface area contributed by atoms with Crippen molar-refractivity contribution in [3.63, 3.8) is 0 Å². The highest BCUT2D eigenvalue weighted by Crippen LogP contribution is 2.29. The maximum absolute atomic E-state index is 13.0. The van der Waals surface area contributed by atoms with Gasteiger partial charge in [0, 0.05) is 32.2 Å². The van der Waals surface area contributed by atoms with Crippen LogP contribution in [0, 0.1) is 0 Å². The Balaban J connectivity index is 1.55. The number of likely N-dealkylation sites (tertiary alicyclic amines) is 1. The molecule has 0 aliphatic carbocycles. The first-order chi connectivity index (χ1) is 14.9. The van der Waals surface area contributed by atoms with Gasteiger partial charge < -0.3 is 9.47 Å². The van der Waals surface area contributed by atoms with E-state index in [2.05, 4.69) is 11.5 Å². The molecule has 170 valence electrons. The second kappa shape index (κ2) is 9.50. The van der Waals surface area contributed by atoms with Crippen LogP contribution in [0.3, 0.4) is 0 Å². The Labute approximate surface area is 189 Å². The van der Waals surface area contributed by atoms with Crippen molar-refractivity contribution < 1.29 is 13.2 Å². The minimum atomic E-state index is -3.49. The highest BCUT2D eigenvalue weighted by atomic mass is 32.2. The summed E-state index contributed by atoms with van der Waals surface area (Å²) in [6.45, 7) is 6.88. The zero-order chi connectivity index (χ0) is 22.0. The van der Waals surface area contributed by atoms with E-state index < -0.39 is 10.0 Å². The van der Waals surface area contributed by atoms with Crippen molar-refractivity contribution in [2.75, 3.05) is 25.4 Å². The van der Waals surface area contributed by atoms with Crippen molar-refractivity contribution in [1.82, 2.24) is 18.8 Å². The molecule has 2 aromatic rings. The third-order valence-corrected chi connectivity index (χ3v) is 9.26. The summed E-state index contributed by atoms with van der Waals surface area (Å²) in [5, 5.41) is 0.767. The van der Waals surface area contributed by atoms with Gasteiger partial charge in [-0.25, -0.2) is 13.4 Å². The summed E-state index contributed by atoms with van der Waals surface area (Å²) in [7, 11) is -3.49. The first-order valence-electron chi connectivity index (χ1n) is 11.3. The standard InChI is InChI=1S/C22H32N4O3S2/c1-3-25-20-11-10-18(31(28,29)24-12-6-4-7-13-24)15-19(20)23-22(25)30-16-21(27)26-14-8-5-9-17(26)2/h10-11,15,17H,3-9,12-14,16H2,1-2H3. The van der Waals surface area contributed by atoms with Gasteiger partial charge in [-0.3, -0.25) is 4.79 Å². The number of aromatic nitrogens is 2. The number of amides is 1. The first kappa shape index (κ1) is 22.6. The molecule has 2 aliphatic heterocycles. The number of aryl methyl sites for hydroxylation is 1. The number of nitrogens with zero attached hydrogens (tertiary/aromatic N) is 4. The summed E-state index contributed by atoms with van der Waals surface area (Å²) < 4.78 is 29.7. The fraction of sp³-hybridized carbons (Fsp3) is 0.636. The molecule has 31 heavy (non-hydrogen) atoms. The van der Waals surface area contributed by atoms with E-state index in [-0.39, 0.29) is 5.91 Å². The number of fused-ring (bicyclic) bond motifs is 1. The van der Waals surface area contributed by atoms with E-state index in [4.69, 9.17) is 4.98 Å². The predicted molar refractivity (Wildman–Crippen MR) is 124 cm³/mol. The van der Waals surface area contributed by atoms with Crippen LogP contribution in [-0.4, -0.2) is 64.5 Å². The number of benzene rings is 1. The van der Waals surface area contributed by atoms with E-state index in [1.807, 2.05) is 17.9 Å². The zero-order valence-electron chi connectivity index (χ0n) is 18.4. The highest BCUT2D eigenvalue weighted by molar-refractivity contribution is 7.99. The molecule has 0 bridgehead atoms. The van der Waals surface area contributed by atoms with Gasteiger partial charge in [0.1, 0.15) is 0 Å². The second-order valence-corrected chi connectivity index (χ2v) is 11.4. The number of thioether (sulfide) groups is 1. The maximum Gasteiger partial charge on any atom is 0.243 e. The van der Waals surface area contributed by atoms with Crippen molar-refractivity contribution in [2.45, 2.75) is 75.0 Å². The van der Waals surface area contributed by atoms with Crippen LogP contribution in [0.25, 0.3) is 11.0 Å². The maximum atomic E-state index is 13.0. The summed E-state index contributed by atoms with van der Waals surface area (Å²) in [5.74, 6) is 0.507. The molecule has 2 fully saturated rings. The molecule has 1 atom stereocenters. The number of hydrogen-bond donors (Lipinski definition) is 0. The van der Waals surface area contributed by atoms with Crippen LogP contribution in [0.5, 0.6) is 0 Å². The molecule has 0 N–H and O–H groups in total. The van der Waals surface area contributed by atoms with Crippen LogP contribution in [0.4, 0.5) is 0 Å². The third-order valence-electron chi connectivity index (χ3n) is 6.40. The van der Waals surface area contributed by atoms with Gasteiger partial charge in [0.25, 0.3) is 0 Å². The van der Waals surface area contributed by atoms with E-state index in [0.29, 0.717) is 41.8 Å². The molecule has 2 saturated heterocycles. The molecular weight excluding hydrogens is 432 g/mol. The lowest BCUT2D eigenvalue weighted by molar-refractivity contribution is -0.131. The number of carbonyl (C=O) groups is 1. The first-order valence-corrected chi connectivity index (χ1v) is 13.8. The monoisotopic (exact) mass is 464 g/mol. The Morgan fingerprint density at radius 2 is 1.87 bits per heavy atom. The molecule has 7 nitrogen and oxygen atoms in total. The number of hydrogen-bond acceptors (Lipinski definition) is 5. The molecule has 2 aliphatic rings. The van der Waals surface area contributed by atoms with Gasteiger partial charge in [0.15, 0.2) is 5.16 Å². The average molecular weight is 465 g/mol. The lowest BCUT2D eigenvalue weighted by Crippen LogP contribution is -2.42. The van der Waals surface area contributed by atoms with Crippen LogP contribution in [0.15, 0.2) is 28.3 Å². The van der Waals surface area contributed by atoms with E-state index in [1.165, 1.54) is 18.2 Å². The predicted octanol–water partition coefficient (Wildman–Crippen LogP) is 3.72. The molecule has 1 aromatic carbocycles. The van der Waals surface area contributed by atoms with Gasteiger partial charge in [-0.1, -0.05) is 18.2 Å². The smallest absolute Gasteiger partial charge is 0.243 e. The number of carbonyl (C=O) groups excluding carboxylic acids is 1. The van der Waals surface area contributed by atoms with Crippen molar-refractivity contribution in [2.24, 2.45) is 0 Å². The van der Waals surface area contributed by atoms with Crippen molar-refractivity contribution in [3.8, 4) is 0 Å². The van der Waals surface area contributed by atoms with Gasteiger partial charge in [-0.2, -0.15) is 4.31 Å². The van der Waals surface area contributed by atoms with Crippen molar-refractivity contribution in [1.29, 1.82) is 0 Å². The van der Waals surface area contributed by atoms with Crippen LogP contribution in [-0.2, 0) is 21.4 Å². The topological polar surface area (TPSA) is 75.5 Å². The zero-order valence-corrected chi connectivity index (χ0v) is 20.1. The average Bonchev–Trinajstić information content (AvgIpc) is 3.15. The van der Waals surface area contributed by atoms with E-state index in [0.717, 1.165) is 49.3 Å². The van der Waals surface area contributed by atoms with Crippen molar-refractivity contribution in [3.05, 3.63) is 18.2 Å². The largest absolute Gasteiger partial charge is 0.339 e. The number of rotatable bonds is 6. The SMILES string of the molecule is CCn1c(SCC(=O)N2CCCCC2C)nc2cc(S(=O)(=O)N3CCCCC3)ccc21. The lowest BCUT2D eigenvalue weighted by atomic mass is 10.0. The van der Waals surface area contributed by atoms with E-state index in [1.54, 1.807) is 16.4 Å². The molecular formula is C22H32N4O3S2. The normalized spacial score (nSPS) is 21.0. The van der Waals surface area contributed by atoms with Gasteiger partial charge >= 0.3 is 0 Å². The number of sulfonamides is 1. The lowest BCUT2D eigenvalue weighted by Gasteiger charge is -2.33. The van der Waals surface area contributed by atoms with Gasteiger partial charge in [-0.05, 0) is 64.2 Å². The van der Waals surface area contributed by atoms with E-state index in [9.17, 15) is 13.2 Å². The highest BCUT2D eigenvalue weighted by Gasteiger charge is 2.27. The van der Waals surface area contributed by atoms with Gasteiger partial charge in [-0.15, -0.1) is 0 Å². The minimum Gasteiger partial charge on any atom is -0.339 e. The van der Waals surface area contributed by atoms with Crippen LogP contribution >= 0.6 is 11.8 Å². The van der Waals surface area contributed by atoms with Crippen LogP contribution in [0.2, 0.25) is 0 Å². The Hall–Kier alpha value is -1.58. The van der Waals surface area contributed by atoms with Crippen molar-refractivity contribution >= 4 is 38.7 Å². The molecule has 0 saturated carbocycles. The molecule has 1 amide bonds. The quantitative estimate of drug-likeness (QED) is 0.609. The third kappa shape index (κ3) is 4.64. The summed E-state index contributed by atoms with van der Waals surface area (Å²) in [4.78, 5) is 19.7. The fourth-order valence-corrected chi connectivity index (χ4v) is 7.10. The summed E-state index contributed by atoms with van der Waals surface area (Å²) in [5.41, 5.74) is 1.57. The van der Waals surface area contributed by atoms with E-state index >= 15 is 0 Å². The molecule has 1 unspecified atom stereocenters. The molecule has 4 rings (SSSR count). The summed E-state index contributed by atoms with van der Waals surface area (Å²) >= 11 is 1.44. The number of imidazole rings is 1. The molecule has 3 heterocycles. The number of piperidine rings is 2. The fourth-order valence-electron chi connectivity index (χ4n) is 4.60.